The van der Waals surface area contributed by atoms with E-state index in [4.69, 9.17) is 4.74 Å². The van der Waals surface area contributed by atoms with Gasteiger partial charge in [0.25, 0.3) is 10.2 Å². The van der Waals surface area contributed by atoms with Crippen LogP contribution in [0, 0.1) is 6.92 Å². The Morgan fingerprint density at radius 2 is 1.78 bits per heavy atom. The molecule has 128 valence electrons. The summed E-state index contributed by atoms with van der Waals surface area (Å²) in [7, 11) is -3.35. The zero-order valence-electron chi connectivity index (χ0n) is 13.3. The smallest absolute Gasteiger partial charge is 0.282 e. The zero-order chi connectivity index (χ0) is 16.3. The first-order chi connectivity index (χ1) is 11.1. The molecule has 3 heterocycles. The van der Waals surface area contributed by atoms with E-state index in [1.165, 1.54) is 10.6 Å². The first-order valence-electron chi connectivity index (χ1n) is 7.94. The minimum Gasteiger partial charge on any atom is -0.379 e. The van der Waals surface area contributed by atoms with Crippen molar-refractivity contribution in [3.05, 3.63) is 18.1 Å². The molecule has 23 heavy (non-hydrogen) atoms. The Morgan fingerprint density at radius 1 is 1.13 bits per heavy atom. The quantitative estimate of drug-likeness (QED) is 0.844. The molecule has 1 aromatic rings. The molecule has 2 saturated heterocycles. The number of nitrogens with one attached hydrogen (secondary N) is 1. The summed E-state index contributed by atoms with van der Waals surface area (Å²) >= 11 is 0. The van der Waals surface area contributed by atoms with Crippen LogP contribution >= 0.6 is 0 Å². The number of piperidine rings is 1. The van der Waals surface area contributed by atoms with Crippen LogP contribution in [-0.2, 0) is 14.9 Å². The van der Waals surface area contributed by atoms with E-state index in [-0.39, 0.29) is 6.04 Å². The van der Waals surface area contributed by atoms with Crippen LogP contribution in [0.1, 0.15) is 18.5 Å². The molecule has 8 nitrogen and oxygen atoms in total. The standard InChI is InChI=1S/C14H23N5O3S/c1-12-10-14(16-11-15-12)17-13-2-4-18(5-3-13)23(20,21)19-6-8-22-9-7-19/h10-11,13H,2-9H2,1H3,(H,15,16,17). The number of aryl methyl sites for hydroxylation is 1. The SMILES string of the molecule is Cc1cc(NC2CCN(S(=O)(=O)N3CCOCC3)CC2)ncn1. The number of anilines is 1. The van der Waals surface area contributed by atoms with Crippen molar-refractivity contribution in [1.29, 1.82) is 0 Å². The van der Waals surface area contributed by atoms with Crippen LogP contribution in [0.15, 0.2) is 12.4 Å². The number of aromatic nitrogens is 2. The molecular weight excluding hydrogens is 318 g/mol. The van der Waals surface area contributed by atoms with Gasteiger partial charge >= 0.3 is 0 Å². The van der Waals surface area contributed by atoms with Crippen LogP contribution in [0.25, 0.3) is 0 Å². The fraction of sp³-hybridized carbons (Fsp3) is 0.714. The fourth-order valence-electron chi connectivity index (χ4n) is 2.91. The summed E-state index contributed by atoms with van der Waals surface area (Å²) in [6.45, 7) is 4.82. The van der Waals surface area contributed by atoms with Crippen LogP contribution in [0.5, 0.6) is 0 Å². The van der Waals surface area contributed by atoms with Gasteiger partial charge in [0.2, 0.25) is 0 Å². The Bertz CT molecular complexity index is 625. The molecule has 1 N–H and O–H groups in total. The highest BCUT2D eigenvalue weighted by molar-refractivity contribution is 7.86. The molecule has 0 unspecified atom stereocenters. The van der Waals surface area contributed by atoms with E-state index in [9.17, 15) is 8.42 Å². The Morgan fingerprint density at radius 3 is 2.43 bits per heavy atom. The highest BCUT2D eigenvalue weighted by Gasteiger charge is 2.33. The molecule has 0 amide bonds. The second-order valence-electron chi connectivity index (χ2n) is 5.88. The number of nitrogens with zero attached hydrogens (tertiary/aromatic N) is 4. The maximum Gasteiger partial charge on any atom is 0.282 e. The normalized spacial score (nSPS) is 22.1. The van der Waals surface area contributed by atoms with Crippen LogP contribution in [-0.4, -0.2) is 72.4 Å². The molecular formula is C14H23N5O3S. The maximum atomic E-state index is 12.6. The van der Waals surface area contributed by atoms with E-state index in [2.05, 4.69) is 15.3 Å². The number of ether oxygens (including phenoxy) is 1. The summed E-state index contributed by atoms with van der Waals surface area (Å²) in [5, 5.41) is 3.37. The highest BCUT2D eigenvalue weighted by atomic mass is 32.2. The van der Waals surface area contributed by atoms with E-state index in [1.54, 1.807) is 4.31 Å². The summed E-state index contributed by atoms with van der Waals surface area (Å²) in [5.74, 6) is 0.798. The van der Waals surface area contributed by atoms with Crippen LogP contribution < -0.4 is 5.32 Å². The van der Waals surface area contributed by atoms with Crippen molar-refractivity contribution in [1.82, 2.24) is 18.6 Å². The highest BCUT2D eigenvalue weighted by Crippen LogP contribution is 2.20. The Labute approximate surface area is 137 Å². The first kappa shape index (κ1) is 16.6. The van der Waals surface area contributed by atoms with Crippen molar-refractivity contribution < 1.29 is 13.2 Å². The van der Waals surface area contributed by atoms with Crippen molar-refractivity contribution in [3.63, 3.8) is 0 Å². The second kappa shape index (κ2) is 7.08. The van der Waals surface area contributed by atoms with E-state index in [1.807, 2.05) is 13.0 Å². The van der Waals surface area contributed by atoms with E-state index in [0.717, 1.165) is 24.4 Å². The number of hydrogen-bond donors (Lipinski definition) is 1. The van der Waals surface area contributed by atoms with Gasteiger partial charge in [-0.15, -0.1) is 0 Å². The lowest BCUT2D eigenvalue weighted by Gasteiger charge is -2.36. The summed E-state index contributed by atoms with van der Waals surface area (Å²) in [6, 6.07) is 2.14. The fourth-order valence-corrected chi connectivity index (χ4v) is 4.52. The van der Waals surface area contributed by atoms with Gasteiger partial charge in [0.1, 0.15) is 12.1 Å². The lowest BCUT2D eigenvalue weighted by atomic mass is 10.1. The van der Waals surface area contributed by atoms with Gasteiger partial charge in [-0.05, 0) is 19.8 Å². The molecule has 9 heteroatoms. The van der Waals surface area contributed by atoms with Crippen LogP contribution in [0.4, 0.5) is 5.82 Å². The molecule has 0 aromatic carbocycles. The summed E-state index contributed by atoms with van der Waals surface area (Å²) in [5.41, 5.74) is 0.912. The first-order valence-corrected chi connectivity index (χ1v) is 9.33. The maximum absolute atomic E-state index is 12.6. The molecule has 2 aliphatic heterocycles. The van der Waals surface area contributed by atoms with Crippen molar-refractivity contribution in [2.45, 2.75) is 25.8 Å². The predicted octanol–water partition coefficient (Wildman–Crippen LogP) is 0.238. The minimum absolute atomic E-state index is 0.237. The van der Waals surface area contributed by atoms with Crippen LogP contribution in [0.3, 0.4) is 0 Å². The average molecular weight is 341 g/mol. The van der Waals surface area contributed by atoms with Gasteiger partial charge in [-0.2, -0.15) is 17.0 Å². The number of rotatable bonds is 4. The topological polar surface area (TPSA) is 87.7 Å². The van der Waals surface area contributed by atoms with Gasteiger partial charge in [0, 0.05) is 44.0 Å². The van der Waals surface area contributed by atoms with Crippen molar-refractivity contribution in [2.75, 3.05) is 44.7 Å². The molecule has 2 fully saturated rings. The van der Waals surface area contributed by atoms with Gasteiger partial charge in [-0.3, -0.25) is 0 Å². The van der Waals surface area contributed by atoms with Gasteiger partial charge in [0.15, 0.2) is 0 Å². The van der Waals surface area contributed by atoms with Crippen molar-refractivity contribution in [3.8, 4) is 0 Å². The Kier molecular flexibility index (Phi) is 5.10. The van der Waals surface area contributed by atoms with Gasteiger partial charge < -0.3 is 10.1 Å². The largest absolute Gasteiger partial charge is 0.379 e. The monoisotopic (exact) mass is 341 g/mol. The van der Waals surface area contributed by atoms with Crippen molar-refractivity contribution in [2.24, 2.45) is 0 Å². The molecule has 3 rings (SSSR count). The molecule has 0 bridgehead atoms. The van der Waals surface area contributed by atoms with E-state index in [0.29, 0.717) is 39.4 Å². The van der Waals surface area contributed by atoms with Crippen molar-refractivity contribution >= 4 is 16.0 Å². The molecule has 0 saturated carbocycles. The third-order valence-corrected chi connectivity index (χ3v) is 6.27. The lowest BCUT2D eigenvalue weighted by molar-refractivity contribution is 0.0697. The number of morpholine rings is 1. The zero-order valence-corrected chi connectivity index (χ0v) is 14.1. The molecule has 0 spiro atoms. The molecule has 2 aliphatic rings. The predicted molar refractivity (Wildman–Crippen MR) is 86.3 cm³/mol. The summed E-state index contributed by atoms with van der Waals surface area (Å²) in [6.07, 6.45) is 3.08. The van der Waals surface area contributed by atoms with Gasteiger partial charge in [-0.1, -0.05) is 0 Å². The Balaban J connectivity index is 1.55. The van der Waals surface area contributed by atoms with Gasteiger partial charge in [0.05, 0.1) is 13.2 Å². The molecule has 0 atom stereocenters. The third kappa shape index (κ3) is 3.97. The van der Waals surface area contributed by atoms with Gasteiger partial charge in [-0.25, -0.2) is 9.97 Å². The van der Waals surface area contributed by atoms with Crippen LogP contribution in [0.2, 0.25) is 0 Å². The number of hydrogen-bond acceptors (Lipinski definition) is 6. The molecule has 0 radical (unpaired) electrons. The molecule has 0 aliphatic carbocycles. The minimum atomic E-state index is -3.35. The summed E-state index contributed by atoms with van der Waals surface area (Å²) < 4.78 is 33.6. The lowest BCUT2D eigenvalue weighted by Crippen LogP contribution is -2.51. The third-order valence-electron chi connectivity index (χ3n) is 4.23. The second-order valence-corrected chi connectivity index (χ2v) is 7.81. The van der Waals surface area contributed by atoms with E-state index < -0.39 is 10.2 Å². The molecule has 1 aromatic heterocycles. The summed E-state index contributed by atoms with van der Waals surface area (Å²) in [4.78, 5) is 8.27. The average Bonchev–Trinajstić information content (AvgIpc) is 2.56. The Hall–Kier alpha value is -1.29. The van der Waals surface area contributed by atoms with E-state index >= 15 is 0 Å².